The minimum absolute atomic E-state index is 0.0106. The Hall–Kier alpha value is -3.57. The molecule has 4 amide bonds. The fraction of sp³-hybridized carbons (Fsp3) is 0.400. The molecule has 3 aromatic carbocycles. The first-order chi connectivity index (χ1) is 35.4. The summed E-state index contributed by atoms with van der Waals surface area (Å²) in [6.07, 6.45) is -10.6. The molecule has 23 radical (unpaired) electrons. The van der Waals surface area contributed by atoms with Crippen LogP contribution in [0.5, 0.6) is 5.75 Å². The molecule has 3 aromatic rings. The quantitative estimate of drug-likeness (QED) is 0.153. The molecule has 4 aliphatic rings. The van der Waals surface area contributed by atoms with Crippen LogP contribution in [0.25, 0.3) is 0 Å². The molecule has 0 spiro atoms. The van der Waals surface area contributed by atoms with Crippen LogP contribution >= 0.6 is 23.2 Å². The van der Waals surface area contributed by atoms with E-state index in [9.17, 15) is 46.1 Å². The van der Waals surface area contributed by atoms with E-state index < -0.39 is 87.0 Å². The van der Waals surface area contributed by atoms with E-state index in [1.807, 2.05) is 0 Å². The number of hydrogen-bond acceptors (Lipinski definition) is 5. The predicted molar refractivity (Wildman–Crippen MR) is 310 cm³/mol. The highest BCUT2D eigenvalue weighted by molar-refractivity contribution is 8.00. The van der Waals surface area contributed by atoms with Crippen LogP contribution in [0.1, 0.15) is 53.5 Å². The van der Waals surface area contributed by atoms with Crippen molar-refractivity contribution in [2.75, 3.05) is 31.4 Å². The lowest BCUT2D eigenvalue weighted by Gasteiger charge is -2.47. The minimum Gasteiger partial charge on any atom is -0.497 e. The van der Waals surface area contributed by atoms with Gasteiger partial charge in [0.25, 0.3) is 0 Å². The van der Waals surface area contributed by atoms with Gasteiger partial charge in [-0.1, -0.05) is 59.0 Å². The van der Waals surface area contributed by atoms with Crippen molar-refractivity contribution < 1.29 is 50.9 Å². The average molecular weight is 1040 g/mol. The number of ether oxygens (including phenoxy) is 1. The maximum atomic E-state index is 14.7. The predicted octanol–water partition coefficient (Wildman–Crippen LogP) is 1.33. The molecule has 2 fully saturated rings. The van der Waals surface area contributed by atoms with Crippen LogP contribution in [0.3, 0.4) is 0 Å². The Bertz CT molecular complexity index is 2620. The van der Waals surface area contributed by atoms with Crippen molar-refractivity contribution in [2.24, 2.45) is 11.8 Å². The Morgan fingerprint density at radius 2 is 1.14 bits per heavy atom. The number of carbonyl (C=O) groups excluding carboxylic acids is 2. The normalized spacial score (nSPS) is 18.2. The van der Waals surface area contributed by atoms with Crippen molar-refractivity contribution >= 4 is 184 Å². The number of halogens is 8. The Labute approximate surface area is 469 Å². The van der Waals surface area contributed by atoms with Crippen LogP contribution in [-0.4, -0.2) is 202 Å². The highest BCUT2D eigenvalue weighted by Crippen LogP contribution is 2.52. The molecular formula is C40H36B19Cl2F6N4O5. The molecule has 0 saturated heterocycles. The molecule has 2 heterocycles. The molecule has 2 unspecified atom stereocenters. The van der Waals surface area contributed by atoms with Gasteiger partial charge in [0.2, 0.25) is 11.1 Å². The number of nitrogens with zero attached hydrogens (tertiary/aromatic N) is 3. The number of nitrogens with one attached hydrogen (secondary N) is 1. The maximum absolute atomic E-state index is 14.7. The molecule has 76 heavy (non-hydrogen) atoms. The number of anilines is 2. The van der Waals surface area contributed by atoms with Gasteiger partial charge in [-0.05, 0) is 78.8 Å². The Balaban J connectivity index is 0.000000252. The highest BCUT2D eigenvalue weighted by atomic mass is 35.5. The number of amides is 4. The number of hydrogen-bond donors (Lipinski definition) is 3. The molecule has 36 heteroatoms. The van der Waals surface area contributed by atoms with Gasteiger partial charge in [0.05, 0.1) is 32.6 Å². The number of urea groups is 2. The van der Waals surface area contributed by atoms with Gasteiger partial charge in [-0.3, -0.25) is 14.7 Å². The van der Waals surface area contributed by atoms with Crippen LogP contribution in [0.2, 0.25) is 10.0 Å². The molecule has 0 aromatic heterocycles. The molecule has 7 rings (SSSR count). The van der Waals surface area contributed by atoms with Crippen molar-refractivity contribution in [1.82, 2.24) is 9.80 Å². The van der Waals surface area contributed by atoms with Gasteiger partial charge in [0.15, 0.2) is 0 Å². The summed E-state index contributed by atoms with van der Waals surface area (Å²) >= 11 is 12.2. The summed E-state index contributed by atoms with van der Waals surface area (Å²) in [5.41, 5.74) is -4.99. The summed E-state index contributed by atoms with van der Waals surface area (Å²) < 4.78 is 91.4. The molecule has 2 saturated carbocycles. The van der Waals surface area contributed by atoms with Crippen LogP contribution in [0.4, 0.5) is 47.3 Å². The number of alkyl halides is 6. The zero-order chi connectivity index (χ0) is 57.4. The third-order valence-corrected chi connectivity index (χ3v) is 13.4. The molecule has 359 valence electrons. The molecule has 2 aliphatic heterocycles. The highest BCUT2D eigenvalue weighted by Gasteiger charge is 2.65. The first-order valence-electron chi connectivity index (χ1n) is 23.3. The van der Waals surface area contributed by atoms with Crippen molar-refractivity contribution in [2.45, 2.75) is 68.9 Å². The number of carbonyl (C=O) groups is 2. The lowest BCUT2D eigenvalue weighted by Crippen LogP contribution is -2.62. The van der Waals surface area contributed by atoms with Crippen molar-refractivity contribution in [3.63, 3.8) is 0 Å². The summed E-state index contributed by atoms with van der Waals surface area (Å²) in [6.45, 7) is -0.930. The number of rotatable bonds is 11. The van der Waals surface area contributed by atoms with Crippen LogP contribution in [0.15, 0.2) is 48.5 Å². The van der Waals surface area contributed by atoms with E-state index in [4.69, 9.17) is 113 Å². The van der Waals surface area contributed by atoms with E-state index in [2.05, 4.69) is 29.0 Å². The summed E-state index contributed by atoms with van der Waals surface area (Å²) in [5, 5.41) is 21.3. The first-order valence-corrected chi connectivity index (χ1v) is 24.0. The number of benzene rings is 3. The number of methoxy groups -OCH3 is 1. The summed E-state index contributed by atoms with van der Waals surface area (Å²) in [6, 6.07) is 9.97. The molecule has 0 bridgehead atoms. The van der Waals surface area contributed by atoms with Crippen molar-refractivity contribution in [3.05, 3.63) is 86.4 Å². The van der Waals surface area contributed by atoms with Gasteiger partial charge in [-0.15, -0.1) is 0 Å². The second-order valence-electron chi connectivity index (χ2n) is 18.3. The first kappa shape index (κ1) is 65.0. The van der Waals surface area contributed by atoms with E-state index in [1.165, 1.54) is 37.3 Å². The summed E-state index contributed by atoms with van der Waals surface area (Å²) in [4.78, 5) is 27.9. The third kappa shape index (κ3) is 15.0. The van der Waals surface area contributed by atoms with Gasteiger partial charge < -0.3 is 20.3 Å². The Kier molecular flexibility index (Phi) is 23.1. The Morgan fingerprint density at radius 3 is 1.50 bits per heavy atom. The van der Waals surface area contributed by atoms with Crippen LogP contribution in [-0.2, 0) is 30.8 Å². The van der Waals surface area contributed by atoms with Crippen LogP contribution in [0, 0.1) is 35.5 Å². The monoisotopic (exact) mass is 1050 g/mol. The van der Waals surface area contributed by atoms with Gasteiger partial charge >= 0.3 is 24.4 Å². The summed E-state index contributed by atoms with van der Waals surface area (Å²) in [7, 11) is 62.9. The van der Waals surface area contributed by atoms with Gasteiger partial charge in [-0.2, -0.15) is 26.3 Å². The second kappa shape index (κ2) is 27.1. The SMILES string of the molecule is CN1C(=O)Nc2cc(CO)c(Cl)cc2C1(C#CC1CC1)C(F)(F)F.COc1ccc(CN2C(=O)N(C)C(C#CC3CC3)(C(F)(F)F)c3cc(Cl)c(CO)cc32)cc1.[B]B([B])B(B([B])[B])B([B])[B].[B][B]B(B([B])[B])B([B])[B]. The van der Waals surface area contributed by atoms with Gasteiger partial charge in [0, 0.05) is 190 Å². The molecular weight excluding hydrogens is 1010 g/mol. The maximum Gasteiger partial charge on any atom is 0.427 e. The largest absolute Gasteiger partial charge is 0.497 e. The summed E-state index contributed by atoms with van der Waals surface area (Å²) in [5.74, 6) is 10.5. The third-order valence-electron chi connectivity index (χ3n) is 12.7. The van der Waals surface area contributed by atoms with Crippen LogP contribution < -0.4 is 15.0 Å². The molecule has 9 nitrogen and oxygen atoms in total. The minimum atomic E-state index is -4.88. The average Bonchev–Trinajstić information content (AvgIpc) is 4.28. The number of aliphatic hydroxyl groups is 2. The lowest BCUT2D eigenvalue weighted by atomic mass is 8.58. The zero-order valence-corrected chi connectivity index (χ0v) is 43.2. The van der Waals surface area contributed by atoms with E-state index >= 15 is 0 Å². The van der Waals surface area contributed by atoms with E-state index in [0.29, 0.717) is 21.1 Å². The van der Waals surface area contributed by atoms with Crippen molar-refractivity contribution in [3.8, 4) is 29.4 Å². The smallest absolute Gasteiger partial charge is 0.427 e. The van der Waals surface area contributed by atoms with E-state index in [0.717, 1.165) is 45.8 Å². The molecule has 3 N–H and O–H groups in total. The number of aliphatic hydroxyl groups excluding tert-OH is 2. The molecule has 2 aliphatic carbocycles. The fourth-order valence-electron chi connectivity index (χ4n) is 7.87. The van der Waals surface area contributed by atoms with E-state index in [-0.39, 0.29) is 68.4 Å². The second-order valence-corrected chi connectivity index (χ2v) is 19.1. The van der Waals surface area contributed by atoms with Crippen molar-refractivity contribution in [1.29, 1.82) is 0 Å². The van der Waals surface area contributed by atoms with Gasteiger partial charge in [-0.25, -0.2) is 9.59 Å². The lowest BCUT2D eigenvalue weighted by molar-refractivity contribution is -0.204. The molecule has 2 atom stereocenters. The standard InChI is InChI=1S/C24H22ClF3N2O3.C16H14ClF3N2O2.B10.B9/c1-29-22(32)30(13-16-5-7-18(33-2)8-6-16)21-11-17(14-31)20(25)12-19(21)23(29,24(26,27)28)10-9-15-3-4-15;1-22-14(24)21-13-6-10(8-23)12(17)7-11(13)15(22,16(18,19)20)5-4-9-2-3-9;1-7(2)10(8(3)4)9(5)6;1-6-9(7(2)3)8(4)5/h5-8,11-12,15,31H,3-4,13-14H2,1-2H3;6-7,9,23H,2-3,8H2,1H3,(H,21,24);;. The zero-order valence-electron chi connectivity index (χ0n) is 41.7. The van der Waals surface area contributed by atoms with E-state index in [1.54, 1.807) is 24.3 Å². The fourth-order valence-corrected chi connectivity index (χ4v) is 8.32. The van der Waals surface area contributed by atoms with Gasteiger partial charge in [0.1, 0.15) is 5.75 Å². The number of fused-ring (bicyclic) bond motifs is 2. The Morgan fingerprint density at radius 1 is 0.711 bits per heavy atom. The topological polar surface area (TPSA) is 106 Å².